The van der Waals surface area contributed by atoms with Gasteiger partial charge in [0.2, 0.25) is 5.91 Å². The van der Waals surface area contributed by atoms with Crippen molar-refractivity contribution in [3.05, 3.63) is 12.2 Å². The first kappa shape index (κ1) is 54.9. The molecule has 2 rings (SSSR count). The number of carbonyl (C=O) groups is 1. The number of aliphatic hydroxyl groups excluding tert-OH is 8. The molecule has 0 spiro atoms. The number of hydrogen-bond donors (Lipinski definition) is 9. The standard InChI is InChI=1S/C46H87NO13/c1-3-5-7-9-10-11-12-13-14-15-16-17-18-19-20-21-22-23-24-25-26-27-29-35(50)34(47-38(51)30-28-8-6-4-2)33-57-45-43(56)41(54)44(37(32-49)59-45)60-46-42(55)40(53)39(52)36(31-48)58-46/h27,29,34-37,39-46,48-50,52-56H,3-26,28,30-33H2,1-2H3,(H,47,51)/b29-27+. The second kappa shape index (κ2) is 34.2. The Hall–Kier alpha value is -1.27. The van der Waals surface area contributed by atoms with E-state index in [-0.39, 0.29) is 18.9 Å². The van der Waals surface area contributed by atoms with E-state index in [1.54, 1.807) is 6.08 Å². The molecule has 0 radical (unpaired) electrons. The van der Waals surface area contributed by atoms with Gasteiger partial charge in [-0.05, 0) is 19.3 Å². The lowest BCUT2D eigenvalue weighted by molar-refractivity contribution is -0.359. The highest BCUT2D eigenvalue weighted by molar-refractivity contribution is 5.76. The maximum Gasteiger partial charge on any atom is 0.220 e. The van der Waals surface area contributed by atoms with Crippen molar-refractivity contribution in [1.82, 2.24) is 5.32 Å². The lowest BCUT2D eigenvalue weighted by atomic mass is 9.97. The maximum absolute atomic E-state index is 12.9. The number of rotatable bonds is 36. The second-order valence-electron chi connectivity index (χ2n) is 17.2. The maximum atomic E-state index is 12.9. The summed E-state index contributed by atoms with van der Waals surface area (Å²) in [7, 11) is 0. The van der Waals surface area contributed by atoms with Gasteiger partial charge in [-0.15, -0.1) is 0 Å². The van der Waals surface area contributed by atoms with Gasteiger partial charge in [-0.2, -0.15) is 0 Å². The quantitative estimate of drug-likeness (QED) is 0.0292. The Kier molecular flexibility index (Phi) is 31.3. The van der Waals surface area contributed by atoms with Crippen LogP contribution in [0.1, 0.15) is 181 Å². The van der Waals surface area contributed by atoms with E-state index in [1.807, 2.05) is 6.08 Å². The molecule has 12 unspecified atom stereocenters. The zero-order valence-corrected chi connectivity index (χ0v) is 37.2. The smallest absolute Gasteiger partial charge is 0.220 e. The molecule has 2 aliphatic rings. The Balaban J connectivity index is 1.73. The molecule has 12 atom stereocenters. The number of nitrogens with one attached hydrogen (secondary N) is 1. The van der Waals surface area contributed by atoms with Crippen molar-refractivity contribution in [3.63, 3.8) is 0 Å². The second-order valence-corrected chi connectivity index (χ2v) is 17.2. The van der Waals surface area contributed by atoms with Crippen LogP contribution in [-0.4, -0.2) is 140 Å². The van der Waals surface area contributed by atoms with E-state index < -0.39 is 86.8 Å². The van der Waals surface area contributed by atoms with Crippen molar-refractivity contribution in [2.45, 2.75) is 254 Å². The lowest BCUT2D eigenvalue weighted by Crippen LogP contribution is -2.65. The minimum Gasteiger partial charge on any atom is -0.394 e. The molecule has 0 bridgehead atoms. The molecule has 14 heteroatoms. The topological polar surface area (TPSA) is 228 Å². The van der Waals surface area contributed by atoms with E-state index in [4.69, 9.17) is 18.9 Å². The van der Waals surface area contributed by atoms with Crippen LogP contribution in [0, 0.1) is 0 Å². The number of carbonyl (C=O) groups excluding carboxylic acids is 1. The number of ether oxygens (including phenoxy) is 4. The van der Waals surface area contributed by atoms with Crippen LogP contribution in [-0.2, 0) is 23.7 Å². The fraction of sp³-hybridized carbons (Fsp3) is 0.935. The lowest BCUT2D eigenvalue weighted by Gasteiger charge is -2.46. The van der Waals surface area contributed by atoms with E-state index in [0.29, 0.717) is 6.42 Å². The Morgan fingerprint density at radius 1 is 0.583 bits per heavy atom. The average Bonchev–Trinajstić information content (AvgIpc) is 3.24. The number of aliphatic hydroxyl groups is 8. The van der Waals surface area contributed by atoms with Crippen molar-refractivity contribution >= 4 is 5.91 Å². The molecule has 354 valence electrons. The minimum atomic E-state index is -1.78. The van der Waals surface area contributed by atoms with Gasteiger partial charge >= 0.3 is 0 Å². The van der Waals surface area contributed by atoms with Gasteiger partial charge in [0.15, 0.2) is 12.6 Å². The van der Waals surface area contributed by atoms with Crippen LogP contribution in [0.15, 0.2) is 12.2 Å². The molecule has 2 heterocycles. The van der Waals surface area contributed by atoms with Crippen LogP contribution >= 0.6 is 0 Å². The molecule has 2 aliphatic heterocycles. The number of allylic oxidation sites excluding steroid dienone is 1. The summed E-state index contributed by atoms with van der Waals surface area (Å²) >= 11 is 0. The molecular formula is C46H87NO13. The third kappa shape index (κ3) is 21.9. The summed E-state index contributed by atoms with van der Waals surface area (Å²) in [5.74, 6) is -0.257. The summed E-state index contributed by atoms with van der Waals surface area (Å²) < 4.78 is 22.5. The SMILES string of the molecule is CCCCCCCCCCCCCCCCCCCCCC/C=C/C(O)C(COC1OC(CO)C(OC2OC(CO)C(O)C(O)C2O)C(O)C1O)NC(=O)CCCCCC. The molecule has 2 saturated heterocycles. The summed E-state index contributed by atoms with van der Waals surface area (Å²) in [4.78, 5) is 12.9. The van der Waals surface area contributed by atoms with Crippen molar-refractivity contribution in [1.29, 1.82) is 0 Å². The van der Waals surface area contributed by atoms with Crippen LogP contribution in [0.3, 0.4) is 0 Å². The zero-order valence-electron chi connectivity index (χ0n) is 37.2. The van der Waals surface area contributed by atoms with Crippen LogP contribution in [0.2, 0.25) is 0 Å². The summed E-state index contributed by atoms with van der Waals surface area (Å²) in [6.45, 7) is 2.65. The van der Waals surface area contributed by atoms with Gasteiger partial charge in [0.1, 0.15) is 48.8 Å². The molecule has 0 saturated carbocycles. The summed E-state index contributed by atoms with van der Waals surface area (Å²) in [6.07, 6.45) is 17.7. The third-order valence-electron chi connectivity index (χ3n) is 12.0. The van der Waals surface area contributed by atoms with Gasteiger partial charge in [-0.1, -0.05) is 167 Å². The van der Waals surface area contributed by atoms with E-state index in [2.05, 4.69) is 19.2 Å². The van der Waals surface area contributed by atoms with Gasteiger partial charge in [-0.3, -0.25) is 4.79 Å². The molecule has 1 amide bonds. The van der Waals surface area contributed by atoms with Crippen molar-refractivity contribution in [2.24, 2.45) is 0 Å². The first-order valence-electron chi connectivity index (χ1n) is 23.9. The van der Waals surface area contributed by atoms with Gasteiger partial charge in [0.05, 0.1) is 32.0 Å². The Labute approximate surface area is 361 Å². The number of amides is 1. The highest BCUT2D eigenvalue weighted by Crippen LogP contribution is 2.30. The highest BCUT2D eigenvalue weighted by atomic mass is 16.7. The van der Waals surface area contributed by atoms with E-state index in [0.717, 1.165) is 38.5 Å². The van der Waals surface area contributed by atoms with E-state index >= 15 is 0 Å². The molecule has 2 fully saturated rings. The number of unbranched alkanes of at least 4 members (excludes halogenated alkanes) is 23. The molecule has 0 aromatic carbocycles. The Morgan fingerprint density at radius 2 is 1.03 bits per heavy atom. The minimum absolute atomic E-state index is 0.257. The molecular weight excluding hydrogens is 775 g/mol. The van der Waals surface area contributed by atoms with Gasteiger partial charge in [-0.25, -0.2) is 0 Å². The Morgan fingerprint density at radius 3 is 1.53 bits per heavy atom. The molecule has 0 aromatic rings. The first-order valence-corrected chi connectivity index (χ1v) is 23.9. The molecule has 14 nitrogen and oxygen atoms in total. The van der Waals surface area contributed by atoms with Crippen molar-refractivity contribution in [2.75, 3.05) is 19.8 Å². The predicted molar refractivity (Wildman–Crippen MR) is 231 cm³/mol. The van der Waals surface area contributed by atoms with Crippen LogP contribution < -0.4 is 5.32 Å². The monoisotopic (exact) mass is 862 g/mol. The van der Waals surface area contributed by atoms with Gasteiger partial charge < -0.3 is 65.1 Å². The molecule has 9 N–H and O–H groups in total. The average molecular weight is 862 g/mol. The largest absolute Gasteiger partial charge is 0.394 e. The van der Waals surface area contributed by atoms with Crippen LogP contribution in [0.4, 0.5) is 0 Å². The molecule has 60 heavy (non-hydrogen) atoms. The highest BCUT2D eigenvalue weighted by Gasteiger charge is 2.51. The summed E-state index contributed by atoms with van der Waals surface area (Å²) in [6, 6.07) is -0.904. The fourth-order valence-corrected chi connectivity index (χ4v) is 8.00. The normalized spacial score (nSPS) is 28.3. The Bertz CT molecular complexity index is 1070. The molecule has 0 aromatic heterocycles. The third-order valence-corrected chi connectivity index (χ3v) is 12.0. The fourth-order valence-electron chi connectivity index (χ4n) is 8.00. The predicted octanol–water partition coefficient (Wildman–Crippen LogP) is 5.21. The van der Waals surface area contributed by atoms with E-state index in [9.17, 15) is 45.6 Å². The first-order chi connectivity index (χ1) is 29.1. The number of hydrogen-bond acceptors (Lipinski definition) is 13. The van der Waals surface area contributed by atoms with Crippen molar-refractivity contribution in [3.8, 4) is 0 Å². The van der Waals surface area contributed by atoms with Gasteiger partial charge in [0.25, 0.3) is 0 Å². The van der Waals surface area contributed by atoms with Gasteiger partial charge in [0, 0.05) is 6.42 Å². The van der Waals surface area contributed by atoms with Crippen LogP contribution in [0.25, 0.3) is 0 Å². The molecule has 0 aliphatic carbocycles. The summed E-state index contributed by atoms with van der Waals surface area (Å²) in [5.41, 5.74) is 0. The van der Waals surface area contributed by atoms with Crippen molar-refractivity contribution < 1.29 is 64.6 Å². The summed E-state index contributed by atoms with van der Waals surface area (Å²) in [5, 5.41) is 86.1. The van der Waals surface area contributed by atoms with E-state index in [1.165, 1.54) is 116 Å². The zero-order chi connectivity index (χ0) is 44.0. The van der Waals surface area contributed by atoms with Crippen LogP contribution in [0.5, 0.6) is 0 Å².